The van der Waals surface area contributed by atoms with Crippen molar-refractivity contribution in [3.8, 4) is 0 Å². The van der Waals surface area contributed by atoms with Crippen molar-refractivity contribution in [2.75, 3.05) is 7.11 Å². The lowest BCUT2D eigenvalue weighted by molar-refractivity contribution is 0.0600. The molecule has 1 aromatic heterocycles. The van der Waals surface area contributed by atoms with Crippen LogP contribution in [0.15, 0.2) is 64.2 Å². The van der Waals surface area contributed by atoms with Crippen molar-refractivity contribution in [3.05, 3.63) is 103 Å². The molecule has 6 heteroatoms. The maximum absolute atomic E-state index is 12.9. The van der Waals surface area contributed by atoms with E-state index in [1.807, 2.05) is 30.3 Å². The highest BCUT2D eigenvalue weighted by atomic mass is 16.5. The fourth-order valence-electron chi connectivity index (χ4n) is 2.86. The van der Waals surface area contributed by atoms with Crippen LogP contribution in [0.2, 0.25) is 0 Å². The maximum Gasteiger partial charge on any atom is 0.337 e. The Morgan fingerprint density at radius 3 is 1.71 bits per heavy atom. The number of carbonyl (C=O) groups excluding carboxylic acids is 1. The van der Waals surface area contributed by atoms with Crippen molar-refractivity contribution < 1.29 is 9.53 Å². The molecule has 0 atom stereocenters. The number of aromatic nitrogens is 2. The van der Waals surface area contributed by atoms with E-state index in [1.54, 1.807) is 50.5 Å². The second-order valence-corrected chi connectivity index (χ2v) is 6.31. The second-order valence-electron chi connectivity index (χ2n) is 6.31. The average Bonchev–Trinajstić information content (AvgIpc) is 2.73. The van der Waals surface area contributed by atoms with E-state index in [1.165, 1.54) is 16.2 Å². The van der Waals surface area contributed by atoms with Crippen LogP contribution < -0.4 is 21.8 Å². The predicted octanol–water partition coefficient (Wildman–Crippen LogP) is 0.528. The topological polar surface area (TPSA) is 70.3 Å². The maximum atomic E-state index is 12.9. The van der Waals surface area contributed by atoms with E-state index >= 15 is 0 Å². The van der Waals surface area contributed by atoms with Crippen LogP contribution in [0.25, 0.3) is 12.2 Å². The summed E-state index contributed by atoms with van der Waals surface area (Å²) in [5, 5.41) is 0.556. The zero-order valence-corrected chi connectivity index (χ0v) is 15.9. The van der Waals surface area contributed by atoms with E-state index in [-0.39, 0.29) is 16.5 Å². The van der Waals surface area contributed by atoms with Gasteiger partial charge in [-0.25, -0.2) is 4.79 Å². The van der Waals surface area contributed by atoms with Crippen LogP contribution in [0.5, 0.6) is 0 Å². The smallest absolute Gasteiger partial charge is 0.337 e. The summed E-state index contributed by atoms with van der Waals surface area (Å²) in [5.74, 6) is -0.435. The van der Waals surface area contributed by atoms with Gasteiger partial charge in [0.2, 0.25) is 0 Å². The minimum atomic E-state index is -0.435. The Bertz CT molecular complexity index is 1250. The first-order valence-corrected chi connectivity index (χ1v) is 8.65. The number of hydrogen-bond acceptors (Lipinski definition) is 4. The summed E-state index contributed by atoms with van der Waals surface area (Å²) >= 11 is 0. The highest BCUT2D eigenvalue weighted by molar-refractivity contribution is 5.89. The first-order chi connectivity index (χ1) is 13.4. The van der Waals surface area contributed by atoms with E-state index in [0.717, 1.165) is 5.56 Å². The van der Waals surface area contributed by atoms with Crippen molar-refractivity contribution in [1.82, 2.24) is 9.13 Å². The summed E-state index contributed by atoms with van der Waals surface area (Å²) in [7, 11) is 4.47. The molecule has 0 radical (unpaired) electrons. The summed E-state index contributed by atoms with van der Waals surface area (Å²) in [4.78, 5) is 37.2. The number of benzene rings is 2. The molecule has 0 spiro atoms. The van der Waals surface area contributed by atoms with Crippen LogP contribution in [0.1, 0.15) is 21.5 Å². The Balaban J connectivity index is 2.18. The standard InChI is InChI=1S/C22H20N2O4/c1-23-18(13-15-7-5-4-6-8-15)20(25)24(2)19(21(23)26)14-16-9-11-17(12-10-16)22(27)28-3/h4-14H,1-3H3/b18-13-,19-14-. The number of carbonyl (C=O) groups is 1. The van der Waals surface area contributed by atoms with Gasteiger partial charge in [-0.3, -0.25) is 9.59 Å². The monoisotopic (exact) mass is 376 g/mol. The van der Waals surface area contributed by atoms with E-state index in [2.05, 4.69) is 4.74 Å². The molecule has 3 rings (SSSR count). The fraction of sp³-hybridized carbons (Fsp3) is 0.136. The Morgan fingerprint density at radius 1 is 0.786 bits per heavy atom. The molecule has 0 saturated heterocycles. The van der Waals surface area contributed by atoms with Crippen LogP contribution in [0.3, 0.4) is 0 Å². The van der Waals surface area contributed by atoms with Crippen LogP contribution in [-0.4, -0.2) is 22.2 Å². The molecule has 0 bridgehead atoms. The van der Waals surface area contributed by atoms with Gasteiger partial charge in [-0.2, -0.15) is 0 Å². The Hall–Kier alpha value is -3.67. The van der Waals surface area contributed by atoms with Gasteiger partial charge in [0.15, 0.2) is 0 Å². The minimum absolute atomic E-state index is 0.253. The molecule has 0 unspecified atom stereocenters. The molecule has 3 aromatic rings. The first kappa shape index (κ1) is 19.1. The third kappa shape index (κ3) is 3.71. The van der Waals surface area contributed by atoms with E-state index in [9.17, 15) is 14.4 Å². The summed E-state index contributed by atoms with van der Waals surface area (Å²) < 4.78 is 7.36. The largest absolute Gasteiger partial charge is 0.465 e. The van der Waals surface area contributed by atoms with E-state index in [4.69, 9.17) is 0 Å². The minimum Gasteiger partial charge on any atom is -0.465 e. The molecule has 142 valence electrons. The SMILES string of the molecule is COC(=O)c1ccc(/C=c2/c(=O)n(C)/c(=C\c3ccccc3)c(=O)n2C)cc1. The Labute approximate surface area is 161 Å². The molecule has 0 N–H and O–H groups in total. The molecule has 0 aliphatic rings. The van der Waals surface area contributed by atoms with Crippen molar-refractivity contribution in [2.24, 2.45) is 14.1 Å². The zero-order valence-electron chi connectivity index (χ0n) is 15.9. The Kier molecular flexibility index (Phi) is 5.40. The van der Waals surface area contributed by atoms with Gasteiger partial charge in [0.25, 0.3) is 11.1 Å². The number of hydrogen-bond donors (Lipinski definition) is 0. The number of nitrogens with zero attached hydrogens (tertiary/aromatic N) is 2. The summed E-state index contributed by atoms with van der Waals surface area (Å²) in [5.41, 5.74) is 1.38. The van der Waals surface area contributed by atoms with E-state index < -0.39 is 5.97 Å². The summed E-state index contributed by atoms with van der Waals surface area (Å²) in [6.07, 6.45) is 3.32. The Morgan fingerprint density at radius 2 is 1.25 bits per heavy atom. The molecule has 6 nitrogen and oxygen atoms in total. The zero-order chi connectivity index (χ0) is 20.3. The highest BCUT2D eigenvalue weighted by Crippen LogP contribution is 2.06. The number of methoxy groups -OCH3 is 1. The second kappa shape index (κ2) is 7.92. The van der Waals surface area contributed by atoms with Crippen molar-refractivity contribution in [1.29, 1.82) is 0 Å². The van der Waals surface area contributed by atoms with Gasteiger partial charge in [0.05, 0.1) is 12.7 Å². The van der Waals surface area contributed by atoms with Crippen molar-refractivity contribution >= 4 is 18.1 Å². The van der Waals surface area contributed by atoms with Crippen molar-refractivity contribution in [2.45, 2.75) is 0 Å². The normalized spacial score (nSPS) is 12.2. The molecule has 1 heterocycles. The molecule has 0 aliphatic carbocycles. The lowest BCUT2D eigenvalue weighted by atomic mass is 10.1. The summed E-state index contributed by atoms with van der Waals surface area (Å²) in [6.45, 7) is 0. The van der Waals surface area contributed by atoms with Gasteiger partial charge in [-0.1, -0.05) is 42.5 Å². The van der Waals surface area contributed by atoms with Crippen LogP contribution >= 0.6 is 0 Å². The molecule has 0 saturated carbocycles. The van der Waals surface area contributed by atoms with Gasteiger partial charge in [0, 0.05) is 14.1 Å². The average molecular weight is 376 g/mol. The number of rotatable bonds is 3. The van der Waals surface area contributed by atoms with Crippen LogP contribution in [-0.2, 0) is 18.8 Å². The lowest BCUT2D eigenvalue weighted by Crippen LogP contribution is -2.56. The predicted molar refractivity (Wildman–Crippen MR) is 108 cm³/mol. The number of esters is 1. The molecule has 0 aliphatic heterocycles. The van der Waals surface area contributed by atoms with Crippen LogP contribution in [0, 0.1) is 0 Å². The van der Waals surface area contributed by atoms with Crippen molar-refractivity contribution in [3.63, 3.8) is 0 Å². The van der Waals surface area contributed by atoms with Crippen LogP contribution in [0.4, 0.5) is 0 Å². The molecule has 0 fully saturated rings. The highest BCUT2D eigenvalue weighted by Gasteiger charge is 2.07. The van der Waals surface area contributed by atoms with Gasteiger partial charge in [-0.05, 0) is 35.4 Å². The van der Waals surface area contributed by atoms with Gasteiger partial charge in [-0.15, -0.1) is 0 Å². The summed E-state index contributed by atoms with van der Waals surface area (Å²) in [6, 6.07) is 16.0. The van der Waals surface area contributed by atoms with Gasteiger partial charge < -0.3 is 13.9 Å². The van der Waals surface area contributed by atoms with E-state index in [0.29, 0.717) is 16.5 Å². The molecule has 0 amide bonds. The third-order valence-corrected chi connectivity index (χ3v) is 4.51. The molecular weight excluding hydrogens is 356 g/mol. The van der Waals surface area contributed by atoms with Gasteiger partial charge in [0.1, 0.15) is 10.7 Å². The van der Waals surface area contributed by atoms with Gasteiger partial charge >= 0.3 is 5.97 Å². The fourth-order valence-corrected chi connectivity index (χ4v) is 2.86. The first-order valence-electron chi connectivity index (χ1n) is 8.65. The quantitative estimate of drug-likeness (QED) is 0.626. The molecule has 2 aromatic carbocycles. The molecular formula is C22H20N2O4. The molecule has 28 heavy (non-hydrogen) atoms. The lowest BCUT2D eigenvalue weighted by Gasteiger charge is -2.05. The number of ether oxygens (including phenoxy) is 1. The third-order valence-electron chi connectivity index (χ3n) is 4.51.